The number of phenols is 1. The molecule has 31 heavy (non-hydrogen) atoms. The van der Waals surface area contributed by atoms with Gasteiger partial charge in [0.1, 0.15) is 11.4 Å². The van der Waals surface area contributed by atoms with E-state index in [1.54, 1.807) is 0 Å². The van der Waals surface area contributed by atoms with Gasteiger partial charge in [0.2, 0.25) is 0 Å². The monoisotopic (exact) mass is 435 g/mol. The van der Waals surface area contributed by atoms with Crippen LogP contribution in [0.2, 0.25) is 0 Å². The summed E-state index contributed by atoms with van der Waals surface area (Å²) >= 11 is 0. The summed E-state index contributed by atoms with van der Waals surface area (Å²) in [5.74, 6) is 0.0787. The number of aromatic hydroxyl groups is 1. The summed E-state index contributed by atoms with van der Waals surface area (Å²) in [5, 5.41) is 32.7. The van der Waals surface area contributed by atoms with Crippen molar-refractivity contribution in [2.45, 2.75) is 75.5 Å². The fraction of sp³-hybridized carbons (Fsp3) is 0.545. The zero-order valence-electron chi connectivity index (χ0n) is 16.8. The van der Waals surface area contributed by atoms with Crippen LogP contribution in [0.3, 0.4) is 0 Å². The van der Waals surface area contributed by atoms with Crippen molar-refractivity contribution in [2.75, 3.05) is 5.32 Å². The number of alkyl halides is 3. The van der Waals surface area contributed by atoms with E-state index in [1.165, 1.54) is 6.07 Å². The Kier molecular flexibility index (Phi) is 5.05. The van der Waals surface area contributed by atoms with Crippen LogP contribution in [0, 0.1) is 0 Å². The molecular formula is C22H24F3N3O3. The van der Waals surface area contributed by atoms with Gasteiger partial charge >= 0.3 is 6.18 Å². The highest BCUT2D eigenvalue weighted by Crippen LogP contribution is 2.47. The van der Waals surface area contributed by atoms with Gasteiger partial charge in [-0.2, -0.15) is 13.2 Å². The van der Waals surface area contributed by atoms with Crippen LogP contribution in [0.15, 0.2) is 18.2 Å². The van der Waals surface area contributed by atoms with Gasteiger partial charge in [0.15, 0.2) is 5.82 Å². The molecule has 9 heteroatoms. The summed E-state index contributed by atoms with van der Waals surface area (Å²) in [4.78, 5) is 0. The van der Waals surface area contributed by atoms with E-state index in [2.05, 4.69) is 15.5 Å². The van der Waals surface area contributed by atoms with Crippen molar-refractivity contribution < 1.29 is 28.1 Å². The lowest BCUT2D eigenvalue weighted by molar-refractivity contribution is -0.137. The van der Waals surface area contributed by atoms with Crippen molar-refractivity contribution >= 4 is 5.82 Å². The molecule has 3 aliphatic rings. The van der Waals surface area contributed by atoms with Gasteiger partial charge in [-0.1, -0.05) is 12.8 Å². The van der Waals surface area contributed by atoms with Crippen molar-refractivity contribution in [2.24, 2.45) is 0 Å². The number of ether oxygens (including phenoxy) is 1. The van der Waals surface area contributed by atoms with Crippen LogP contribution in [0.5, 0.6) is 5.75 Å². The second kappa shape index (κ2) is 7.63. The molecule has 2 bridgehead atoms. The predicted octanol–water partition coefficient (Wildman–Crippen LogP) is 4.36. The fourth-order valence-electron chi connectivity index (χ4n) is 5.02. The molecule has 3 N–H and O–H groups in total. The van der Waals surface area contributed by atoms with Crippen LogP contribution in [0.1, 0.15) is 61.3 Å². The number of nitrogens with zero attached hydrogens (tertiary/aromatic N) is 2. The average molecular weight is 435 g/mol. The number of benzene rings is 1. The van der Waals surface area contributed by atoms with Crippen molar-refractivity contribution in [1.82, 2.24) is 10.2 Å². The van der Waals surface area contributed by atoms with Gasteiger partial charge in [-0.05, 0) is 49.4 Å². The largest absolute Gasteiger partial charge is 0.507 e. The maximum absolute atomic E-state index is 13.0. The Labute approximate surface area is 177 Å². The molecule has 166 valence electrons. The van der Waals surface area contributed by atoms with Gasteiger partial charge in [0.05, 0.1) is 29.9 Å². The molecule has 2 aliphatic heterocycles. The number of fused-ring (bicyclic) bond motifs is 4. The van der Waals surface area contributed by atoms with Crippen LogP contribution in [0.25, 0.3) is 11.3 Å². The maximum atomic E-state index is 13.0. The van der Waals surface area contributed by atoms with Crippen LogP contribution >= 0.6 is 0 Å². The number of aliphatic hydroxyl groups is 1. The van der Waals surface area contributed by atoms with Crippen LogP contribution in [-0.4, -0.2) is 38.7 Å². The summed E-state index contributed by atoms with van der Waals surface area (Å²) in [6, 6.07) is 2.79. The summed E-state index contributed by atoms with van der Waals surface area (Å²) in [5.41, 5.74) is 1.38. The maximum Gasteiger partial charge on any atom is 0.416 e. The second-order valence-corrected chi connectivity index (χ2v) is 8.65. The van der Waals surface area contributed by atoms with E-state index < -0.39 is 23.6 Å². The predicted molar refractivity (Wildman–Crippen MR) is 107 cm³/mol. The number of nitrogens with one attached hydrogen (secondary N) is 1. The van der Waals surface area contributed by atoms with E-state index in [0.717, 1.165) is 61.8 Å². The molecule has 1 unspecified atom stereocenters. The molecule has 2 aromatic rings. The summed E-state index contributed by atoms with van der Waals surface area (Å²) < 4.78 is 45.1. The Bertz CT molecular complexity index is 998. The minimum absolute atomic E-state index is 0.0187. The summed E-state index contributed by atoms with van der Waals surface area (Å²) in [6.07, 6.45) is 0.653. The minimum atomic E-state index is -4.54. The standard InChI is InChI=1S/C22H24F3N3O3/c23-22(24,25)11-5-7-13(17(30)9-11)20-14-10-12-6-8-18(31-12)19(14)21(28-27-20)26-15-3-1-2-4-16(15)29/h5,7,9,12,15-16,18,29-30H,1-4,6,8,10H2,(H,26,28)/t12-,15?,16+,18+/m0/s1. The highest BCUT2D eigenvalue weighted by atomic mass is 19.4. The topological polar surface area (TPSA) is 87.5 Å². The molecule has 0 spiro atoms. The Balaban J connectivity index is 1.57. The van der Waals surface area contributed by atoms with Gasteiger partial charge in [0, 0.05) is 17.5 Å². The van der Waals surface area contributed by atoms with Gasteiger partial charge in [-0.15, -0.1) is 10.2 Å². The number of rotatable bonds is 3. The third-order valence-electron chi connectivity index (χ3n) is 6.61. The molecule has 3 heterocycles. The first-order valence-corrected chi connectivity index (χ1v) is 10.7. The van der Waals surface area contributed by atoms with E-state index in [4.69, 9.17) is 4.74 Å². The van der Waals surface area contributed by atoms with E-state index in [0.29, 0.717) is 17.9 Å². The first-order valence-electron chi connectivity index (χ1n) is 10.7. The van der Waals surface area contributed by atoms with Gasteiger partial charge in [-0.3, -0.25) is 0 Å². The molecule has 5 rings (SSSR count). The van der Waals surface area contributed by atoms with Crippen LogP contribution < -0.4 is 5.32 Å². The number of hydrogen-bond donors (Lipinski definition) is 3. The molecule has 1 aliphatic carbocycles. The van der Waals surface area contributed by atoms with Crippen molar-refractivity contribution in [3.05, 3.63) is 34.9 Å². The molecule has 1 saturated heterocycles. The second-order valence-electron chi connectivity index (χ2n) is 8.65. The summed E-state index contributed by atoms with van der Waals surface area (Å²) in [7, 11) is 0. The van der Waals surface area contributed by atoms with Crippen molar-refractivity contribution in [3.8, 4) is 17.0 Å². The molecule has 4 atom stereocenters. The minimum Gasteiger partial charge on any atom is -0.507 e. The number of halogens is 3. The van der Waals surface area contributed by atoms with E-state index in [9.17, 15) is 23.4 Å². The molecule has 0 radical (unpaired) electrons. The molecule has 1 aromatic heterocycles. The fourth-order valence-corrected chi connectivity index (χ4v) is 5.02. The molecule has 6 nitrogen and oxygen atoms in total. The lowest BCUT2D eigenvalue weighted by Crippen LogP contribution is -2.37. The van der Waals surface area contributed by atoms with Gasteiger partial charge < -0.3 is 20.3 Å². The Morgan fingerprint density at radius 2 is 1.87 bits per heavy atom. The third kappa shape index (κ3) is 3.74. The van der Waals surface area contributed by atoms with Crippen molar-refractivity contribution in [1.29, 1.82) is 0 Å². The zero-order valence-corrected chi connectivity index (χ0v) is 16.8. The van der Waals surface area contributed by atoms with E-state index in [1.807, 2.05) is 0 Å². The lowest BCUT2D eigenvalue weighted by Gasteiger charge is -2.32. The van der Waals surface area contributed by atoms with E-state index in [-0.39, 0.29) is 23.8 Å². The smallest absolute Gasteiger partial charge is 0.416 e. The SMILES string of the molecule is Oc1cc(C(F)(F)F)ccc1-c1nnc(NC2CCCC[C@H]2O)c2c1C[C@@H]1CC[C@H]2O1. The van der Waals surface area contributed by atoms with Gasteiger partial charge in [-0.25, -0.2) is 0 Å². The molecule has 0 amide bonds. The number of aliphatic hydroxyl groups excluding tert-OH is 1. The van der Waals surface area contributed by atoms with Crippen LogP contribution in [0.4, 0.5) is 19.0 Å². The van der Waals surface area contributed by atoms with Crippen LogP contribution in [-0.2, 0) is 17.3 Å². The molecule has 1 saturated carbocycles. The number of anilines is 1. The van der Waals surface area contributed by atoms with E-state index >= 15 is 0 Å². The van der Waals surface area contributed by atoms with Gasteiger partial charge in [0.25, 0.3) is 0 Å². The normalized spacial score (nSPS) is 27.7. The average Bonchev–Trinajstić information content (AvgIpc) is 3.10. The highest BCUT2D eigenvalue weighted by molar-refractivity contribution is 5.73. The quantitative estimate of drug-likeness (QED) is 0.664. The molecular weight excluding hydrogens is 411 g/mol. The number of phenolic OH excluding ortho intramolecular Hbond substituents is 1. The zero-order chi connectivity index (χ0) is 21.8. The number of hydrogen-bond acceptors (Lipinski definition) is 6. The first kappa shape index (κ1) is 20.5. The number of aromatic nitrogens is 2. The molecule has 2 fully saturated rings. The Morgan fingerprint density at radius 3 is 2.61 bits per heavy atom. The highest BCUT2D eigenvalue weighted by Gasteiger charge is 2.39. The Hall–Kier alpha value is -2.39. The molecule has 1 aromatic carbocycles. The summed E-state index contributed by atoms with van der Waals surface area (Å²) in [6.45, 7) is 0. The first-order chi connectivity index (χ1) is 14.8. The van der Waals surface area contributed by atoms with Crippen molar-refractivity contribution in [3.63, 3.8) is 0 Å². The Morgan fingerprint density at radius 1 is 1.06 bits per heavy atom. The third-order valence-corrected chi connectivity index (χ3v) is 6.61. The lowest BCUT2D eigenvalue weighted by atomic mass is 9.91.